The lowest BCUT2D eigenvalue weighted by Crippen LogP contribution is -2.48. The molecule has 4 atom stereocenters. The van der Waals surface area contributed by atoms with E-state index in [0.717, 1.165) is 17.9 Å². The first-order chi connectivity index (χ1) is 9.60. The van der Waals surface area contributed by atoms with Gasteiger partial charge in [-0.1, -0.05) is 36.6 Å². The molecule has 20 heavy (non-hydrogen) atoms. The second-order valence-corrected chi connectivity index (χ2v) is 8.94. The van der Waals surface area contributed by atoms with Crippen molar-refractivity contribution in [2.45, 2.75) is 56.9 Å². The predicted molar refractivity (Wildman–Crippen MR) is 92.2 cm³/mol. The molecule has 0 N–H and O–H groups in total. The third-order valence-corrected chi connectivity index (χ3v) is 7.05. The van der Waals surface area contributed by atoms with Gasteiger partial charge in [0.2, 0.25) is 0 Å². The van der Waals surface area contributed by atoms with Crippen molar-refractivity contribution >= 4 is 22.9 Å². The van der Waals surface area contributed by atoms with Crippen molar-refractivity contribution in [3.05, 3.63) is 34.9 Å². The van der Waals surface area contributed by atoms with Gasteiger partial charge in [0.15, 0.2) is 0 Å². The maximum Gasteiger partial charge on any atom is 0.0268 e. The standard InChI is InChI=1S/C18H24IN/c1-12-5-6-14-10-17(20(2)19)16-9-13-4-3-7-18(16,11-13)15(14)8-12/h5-6,8,13,16-17H,3-4,7,9-11H2,1-2H3/t13?,16-,17+,18-/m1/s1. The van der Waals surface area contributed by atoms with E-state index in [9.17, 15) is 0 Å². The Kier molecular flexibility index (Phi) is 3.19. The fraction of sp³-hybridized carbons (Fsp3) is 0.667. The Morgan fingerprint density at radius 1 is 1.35 bits per heavy atom. The zero-order chi connectivity index (χ0) is 13.9. The minimum absolute atomic E-state index is 0.520. The summed E-state index contributed by atoms with van der Waals surface area (Å²) < 4.78 is 2.48. The minimum atomic E-state index is 0.520. The summed E-state index contributed by atoms with van der Waals surface area (Å²) in [7, 11) is 2.28. The summed E-state index contributed by atoms with van der Waals surface area (Å²) in [5.41, 5.74) is 5.35. The van der Waals surface area contributed by atoms with Crippen LogP contribution in [0.15, 0.2) is 18.2 Å². The van der Waals surface area contributed by atoms with E-state index >= 15 is 0 Å². The third kappa shape index (κ3) is 1.83. The molecule has 4 rings (SSSR count). The van der Waals surface area contributed by atoms with E-state index in [1.807, 2.05) is 0 Å². The number of aryl methyl sites for hydroxylation is 1. The third-order valence-electron chi connectivity index (χ3n) is 6.34. The summed E-state index contributed by atoms with van der Waals surface area (Å²) in [4.78, 5) is 0. The van der Waals surface area contributed by atoms with Crippen LogP contribution in [0.2, 0.25) is 0 Å². The molecule has 0 aromatic heterocycles. The number of halogens is 1. The SMILES string of the molecule is Cc1ccc2c(c1)[C@]13CCCC(C[C@@H]1[C@@H](N(C)I)C2)C3. The minimum Gasteiger partial charge on any atom is -0.247 e. The molecule has 0 saturated heterocycles. The fourth-order valence-electron chi connectivity index (χ4n) is 5.59. The van der Waals surface area contributed by atoms with Crippen LogP contribution in [0.5, 0.6) is 0 Å². The normalized spacial score (nSPS) is 38.7. The van der Waals surface area contributed by atoms with Crippen LogP contribution >= 0.6 is 22.9 Å². The Labute approximate surface area is 136 Å². The molecule has 1 aromatic rings. The molecule has 108 valence electrons. The number of rotatable bonds is 1. The smallest absolute Gasteiger partial charge is 0.0268 e. The molecule has 0 amide bonds. The number of likely N-dealkylation sites (N-methyl/N-ethyl adjacent to an activating group) is 1. The van der Waals surface area contributed by atoms with Gasteiger partial charge < -0.3 is 0 Å². The topological polar surface area (TPSA) is 3.24 Å². The summed E-state index contributed by atoms with van der Waals surface area (Å²) in [6.07, 6.45) is 8.57. The van der Waals surface area contributed by atoms with Gasteiger partial charge in [0.05, 0.1) is 0 Å². The molecule has 0 radical (unpaired) electrons. The second-order valence-electron chi connectivity index (χ2n) is 7.42. The number of hydrogen-bond donors (Lipinski definition) is 0. The van der Waals surface area contributed by atoms with Crippen molar-refractivity contribution in [1.82, 2.24) is 3.11 Å². The molecule has 1 aromatic carbocycles. The Balaban J connectivity index is 1.89. The van der Waals surface area contributed by atoms with Gasteiger partial charge in [0.1, 0.15) is 0 Å². The molecular weight excluding hydrogens is 357 g/mol. The Morgan fingerprint density at radius 2 is 2.20 bits per heavy atom. The van der Waals surface area contributed by atoms with Gasteiger partial charge in [-0.25, -0.2) is 3.11 Å². The van der Waals surface area contributed by atoms with Crippen LogP contribution in [0, 0.1) is 18.8 Å². The van der Waals surface area contributed by atoms with E-state index in [0.29, 0.717) is 5.41 Å². The number of hydrogen-bond acceptors (Lipinski definition) is 1. The highest BCUT2D eigenvalue weighted by molar-refractivity contribution is 14.1. The molecular formula is C18H24IN. The van der Waals surface area contributed by atoms with Crippen LogP contribution in [0.25, 0.3) is 0 Å². The number of benzene rings is 1. The van der Waals surface area contributed by atoms with E-state index < -0.39 is 0 Å². The van der Waals surface area contributed by atoms with E-state index in [2.05, 4.69) is 58.1 Å². The second kappa shape index (κ2) is 4.70. The van der Waals surface area contributed by atoms with Crippen LogP contribution in [0.4, 0.5) is 0 Å². The average Bonchev–Trinajstić information content (AvgIpc) is 2.69. The molecule has 2 saturated carbocycles. The van der Waals surface area contributed by atoms with E-state index in [-0.39, 0.29) is 0 Å². The first-order valence-corrected chi connectivity index (χ1v) is 9.05. The molecule has 3 aliphatic rings. The highest BCUT2D eigenvalue weighted by atomic mass is 127. The van der Waals surface area contributed by atoms with Crippen molar-refractivity contribution in [2.24, 2.45) is 11.8 Å². The van der Waals surface area contributed by atoms with Gasteiger partial charge in [-0.15, -0.1) is 0 Å². The molecule has 1 spiro atoms. The highest BCUT2D eigenvalue weighted by Crippen LogP contribution is 2.61. The van der Waals surface area contributed by atoms with Crippen molar-refractivity contribution in [1.29, 1.82) is 0 Å². The van der Waals surface area contributed by atoms with Crippen molar-refractivity contribution in [3.63, 3.8) is 0 Å². The van der Waals surface area contributed by atoms with Crippen molar-refractivity contribution < 1.29 is 0 Å². The van der Waals surface area contributed by atoms with Gasteiger partial charge >= 0.3 is 0 Å². The monoisotopic (exact) mass is 381 g/mol. The Morgan fingerprint density at radius 3 is 3.00 bits per heavy atom. The summed E-state index contributed by atoms with van der Waals surface area (Å²) in [5.74, 6) is 1.89. The quantitative estimate of drug-likeness (QED) is 0.506. The number of fused-ring (bicyclic) bond motifs is 2. The zero-order valence-corrected chi connectivity index (χ0v) is 14.7. The average molecular weight is 381 g/mol. The van der Waals surface area contributed by atoms with Crippen LogP contribution in [-0.2, 0) is 11.8 Å². The molecule has 2 bridgehead atoms. The van der Waals surface area contributed by atoms with Gasteiger partial charge in [-0.3, -0.25) is 0 Å². The van der Waals surface area contributed by atoms with E-state index in [1.165, 1.54) is 44.1 Å². The molecule has 3 aliphatic carbocycles. The zero-order valence-electron chi connectivity index (χ0n) is 12.5. The lowest BCUT2D eigenvalue weighted by molar-refractivity contribution is 0.171. The lowest BCUT2D eigenvalue weighted by Gasteiger charge is -2.48. The summed E-state index contributed by atoms with van der Waals surface area (Å²) in [5, 5.41) is 0. The van der Waals surface area contributed by atoms with Gasteiger partial charge in [-0.2, -0.15) is 0 Å². The van der Waals surface area contributed by atoms with Gasteiger partial charge in [-0.05, 0) is 62.6 Å². The van der Waals surface area contributed by atoms with Crippen molar-refractivity contribution in [3.8, 4) is 0 Å². The maximum absolute atomic E-state index is 2.53. The molecule has 2 heteroatoms. The molecule has 0 heterocycles. The number of nitrogens with zero attached hydrogens (tertiary/aromatic N) is 1. The van der Waals surface area contributed by atoms with Crippen LogP contribution in [0.3, 0.4) is 0 Å². The Hall–Kier alpha value is -0.0900. The van der Waals surface area contributed by atoms with Crippen LogP contribution in [-0.4, -0.2) is 16.2 Å². The van der Waals surface area contributed by atoms with E-state index in [1.54, 1.807) is 11.1 Å². The predicted octanol–water partition coefficient (Wildman–Crippen LogP) is 4.65. The Bertz CT molecular complexity index is 538. The summed E-state index contributed by atoms with van der Waals surface area (Å²) in [6.45, 7) is 2.26. The molecule has 1 unspecified atom stereocenters. The maximum atomic E-state index is 2.53. The first-order valence-electron chi connectivity index (χ1n) is 8.09. The van der Waals surface area contributed by atoms with Crippen LogP contribution < -0.4 is 0 Å². The summed E-state index contributed by atoms with van der Waals surface area (Å²) >= 11 is 2.53. The van der Waals surface area contributed by atoms with Gasteiger partial charge in [0.25, 0.3) is 0 Å². The fourth-order valence-corrected chi connectivity index (χ4v) is 6.18. The highest BCUT2D eigenvalue weighted by Gasteiger charge is 2.56. The first kappa shape index (κ1) is 13.6. The summed E-state index contributed by atoms with van der Waals surface area (Å²) in [6, 6.07) is 8.01. The van der Waals surface area contributed by atoms with E-state index in [4.69, 9.17) is 0 Å². The lowest BCUT2D eigenvalue weighted by atomic mass is 9.59. The molecule has 2 fully saturated rings. The molecule has 1 nitrogen and oxygen atoms in total. The van der Waals surface area contributed by atoms with Crippen LogP contribution in [0.1, 0.15) is 48.8 Å². The van der Waals surface area contributed by atoms with Crippen molar-refractivity contribution in [2.75, 3.05) is 7.05 Å². The molecule has 0 aliphatic heterocycles. The largest absolute Gasteiger partial charge is 0.247 e. The van der Waals surface area contributed by atoms with Gasteiger partial charge in [0, 0.05) is 34.3 Å².